The van der Waals surface area contributed by atoms with Gasteiger partial charge in [-0.1, -0.05) is 0 Å². The van der Waals surface area contributed by atoms with Crippen molar-refractivity contribution < 1.29 is 44.3 Å². The number of nitrogens with one attached hydrogen (secondary N) is 1. The van der Waals surface area contributed by atoms with Crippen LogP contribution in [-0.2, 0) is 31.9 Å². The third-order valence-corrected chi connectivity index (χ3v) is 4.39. The van der Waals surface area contributed by atoms with Crippen molar-refractivity contribution >= 4 is 16.0 Å². The van der Waals surface area contributed by atoms with Crippen LogP contribution >= 0.6 is 0 Å². The van der Waals surface area contributed by atoms with Gasteiger partial charge in [-0.2, -0.15) is 26.3 Å². The number of esters is 1. The van der Waals surface area contributed by atoms with Gasteiger partial charge in [0.2, 0.25) is 10.0 Å². The maximum atomic E-state index is 12.7. The lowest BCUT2D eigenvalue weighted by Crippen LogP contribution is -2.26. The van der Waals surface area contributed by atoms with Crippen LogP contribution < -0.4 is 4.72 Å². The molecule has 0 aliphatic carbocycles. The molecular formula is C13H13F6NO4S. The number of ether oxygens (including phenoxy) is 1. The number of alkyl halides is 6. The zero-order valence-corrected chi connectivity index (χ0v) is 13.5. The number of benzene rings is 1. The Bertz CT molecular complexity index is 695. The van der Waals surface area contributed by atoms with Gasteiger partial charge in [0.1, 0.15) is 0 Å². The third-order valence-electron chi connectivity index (χ3n) is 2.95. The summed E-state index contributed by atoms with van der Waals surface area (Å²) in [4.78, 5) is 9.69. The van der Waals surface area contributed by atoms with Crippen LogP contribution in [0.2, 0.25) is 0 Å². The molecule has 0 heterocycles. The molecule has 0 fully saturated rings. The molecule has 0 spiro atoms. The average molecular weight is 393 g/mol. The predicted octanol–water partition coefficient (Wildman–Crippen LogP) is 2.96. The van der Waals surface area contributed by atoms with Crippen molar-refractivity contribution in [2.45, 2.75) is 30.1 Å². The van der Waals surface area contributed by atoms with E-state index in [4.69, 9.17) is 0 Å². The summed E-state index contributed by atoms with van der Waals surface area (Å²) in [5.74, 6) is -0.641. The van der Waals surface area contributed by atoms with Crippen LogP contribution in [0, 0.1) is 0 Å². The van der Waals surface area contributed by atoms with E-state index < -0.39 is 44.4 Å². The van der Waals surface area contributed by atoms with E-state index in [0.29, 0.717) is 0 Å². The molecule has 25 heavy (non-hydrogen) atoms. The topological polar surface area (TPSA) is 72.5 Å². The maximum absolute atomic E-state index is 12.7. The Morgan fingerprint density at radius 3 is 1.92 bits per heavy atom. The van der Waals surface area contributed by atoms with E-state index in [1.54, 1.807) is 0 Å². The highest BCUT2D eigenvalue weighted by molar-refractivity contribution is 7.89. The predicted molar refractivity (Wildman–Crippen MR) is 72.9 cm³/mol. The van der Waals surface area contributed by atoms with Crippen molar-refractivity contribution in [3.63, 3.8) is 0 Å². The van der Waals surface area contributed by atoms with Crippen LogP contribution in [0.5, 0.6) is 0 Å². The number of hydrogen-bond donors (Lipinski definition) is 1. The molecule has 0 aliphatic rings. The van der Waals surface area contributed by atoms with Crippen LogP contribution in [-0.4, -0.2) is 28.0 Å². The lowest BCUT2D eigenvalue weighted by atomic mass is 10.1. The van der Waals surface area contributed by atoms with E-state index in [0.717, 1.165) is 7.11 Å². The monoisotopic (exact) mass is 393 g/mol. The lowest BCUT2D eigenvalue weighted by molar-refractivity contribution is -0.143. The summed E-state index contributed by atoms with van der Waals surface area (Å²) in [5, 5.41) is 0. The summed E-state index contributed by atoms with van der Waals surface area (Å²) in [5.41, 5.74) is -3.48. The molecule has 0 amide bonds. The summed E-state index contributed by atoms with van der Waals surface area (Å²) in [6.45, 7) is -0.366. The molecule has 0 unspecified atom stereocenters. The van der Waals surface area contributed by atoms with Gasteiger partial charge in [0, 0.05) is 13.0 Å². The molecular weight excluding hydrogens is 380 g/mol. The zero-order chi connectivity index (χ0) is 19.5. The van der Waals surface area contributed by atoms with Crippen molar-refractivity contribution in [2.75, 3.05) is 13.7 Å². The Hall–Kier alpha value is -1.82. The van der Waals surface area contributed by atoms with Crippen LogP contribution in [0.4, 0.5) is 26.3 Å². The number of hydrogen-bond acceptors (Lipinski definition) is 4. The van der Waals surface area contributed by atoms with E-state index in [2.05, 4.69) is 4.74 Å². The first-order valence-corrected chi connectivity index (χ1v) is 8.11. The second-order valence-corrected chi connectivity index (χ2v) is 6.59. The fraction of sp³-hybridized carbons (Fsp3) is 0.462. The molecule has 12 heteroatoms. The number of carbonyl (C=O) groups is 1. The van der Waals surface area contributed by atoms with Gasteiger partial charge >= 0.3 is 18.3 Å². The summed E-state index contributed by atoms with van der Waals surface area (Å²) in [6, 6.07) is 0.0477. The molecule has 0 saturated heterocycles. The molecule has 0 atom stereocenters. The van der Waals surface area contributed by atoms with Crippen LogP contribution in [0.3, 0.4) is 0 Å². The van der Waals surface area contributed by atoms with Crippen molar-refractivity contribution in [1.29, 1.82) is 0 Å². The number of carbonyl (C=O) groups excluding carboxylic acids is 1. The minimum atomic E-state index is -5.16. The van der Waals surface area contributed by atoms with E-state index in [9.17, 15) is 39.6 Å². The average Bonchev–Trinajstić information content (AvgIpc) is 2.49. The van der Waals surface area contributed by atoms with Crippen LogP contribution in [0.25, 0.3) is 0 Å². The first kappa shape index (κ1) is 21.2. The highest BCUT2D eigenvalue weighted by Crippen LogP contribution is 2.37. The van der Waals surface area contributed by atoms with Gasteiger partial charge in [-0.05, 0) is 24.6 Å². The first-order valence-electron chi connectivity index (χ1n) is 6.63. The Balaban J connectivity index is 3.11. The Kier molecular flexibility index (Phi) is 6.45. The third kappa shape index (κ3) is 6.20. The number of sulfonamides is 1. The summed E-state index contributed by atoms with van der Waals surface area (Å²) in [7, 11) is -3.53. The Morgan fingerprint density at radius 1 is 1.04 bits per heavy atom. The minimum absolute atomic E-state index is 0.0446. The van der Waals surface area contributed by atoms with Crippen molar-refractivity contribution in [2.24, 2.45) is 0 Å². The molecule has 1 aromatic rings. The molecule has 1 aromatic carbocycles. The lowest BCUT2D eigenvalue weighted by Gasteiger charge is -2.14. The molecule has 0 aromatic heterocycles. The SMILES string of the molecule is COC(=O)CCCNS(=O)(=O)c1cc(C(F)(F)F)cc(C(F)(F)F)c1. The molecule has 142 valence electrons. The fourth-order valence-electron chi connectivity index (χ4n) is 1.71. The highest BCUT2D eigenvalue weighted by Gasteiger charge is 2.38. The largest absolute Gasteiger partial charge is 0.469 e. The molecule has 0 saturated carbocycles. The quantitative estimate of drug-likeness (QED) is 0.458. The zero-order valence-electron chi connectivity index (χ0n) is 12.7. The number of rotatable bonds is 6. The highest BCUT2D eigenvalue weighted by atomic mass is 32.2. The fourth-order valence-corrected chi connectivity index (χ4v) is 2.85. The van der Waals surface area contributed by atoms with Gasteiger partial charge in [0.05, 0.1) is 23.1 Å². The molecule has 1 N–H and O–H groups in total. The van der Waals surface area contributed by atoms with Gasteiger partial charge in [-0.15, -0.1) is 0 Å². The van der Waals surface area contributed by atoms with E-state index >= 15 is 0 Å². The normalized spacial score (nSPS) is 12.9. The van der Waals surface area contributed by atoms with Crippen molar-refractivity contribution in [3.8, 4) is 0 Å². The second kappa shape index (κ2) is 7.60. The van der Waals surface area contributed by atoms with Gasteiger partial charge in [0.15, 0.2) is 0 Å². The van der Waals surface area contributed by atoms with Gasteiger partial charge in [-0.3, -0.25) is 4.79 Å². The van der Waals surface area contributed by atoms with Gasteiger partial charge < -0.3 is 4.74 Å². The smallest absolute Gasteiger partial charge is 0.416 e. The van der Waals surface area contributed by atoms with Gasteiger partial charge in [-0.25, -0.2) is 13.1 Å². The van der Waals surface area contributed by atoms with E-state index in [1.165, 1.54) is 0 Å². The van der Waals surface area contributed by atoms with Crippen LogP contribution in [0.15, 0.2) is 23.1 Å². The standard InChI is InChI=1S/C13H13F6NO4S/c1-24-11(21)3-2-4-20-25(22,23)10-6-8(12(14,15)16)5-9(7-10)13(17,18)19/h5-7,20H,2-4H2,1H3. The van der Waals surface area contributed by atoms with Crippen molar-refractivity contribution in [3.05, 3.63) is 29.3 Å². The summed E-state index contributed by atoms with van der Waals surface area (Å²) in [6.07, 6.45) is -10.5. The molecule has 1 rings (SSSR count). The first-order chi connectivity index (χ1) is 11.3. The number of methoxy groups -OCH3 is 1. The summed E-state index contributed by atoms with van der Waals surface area (Å²) < 4.78 is 106. The molecule has 0 radical (unpaired) electrons. The van der Waals surface area contributed by atoms with E-state index in [1.807, 2.05) is 4.72 Å². The summed E-state index contributed by atoms with van der Waals surface area (Å²) >= 11 is 0. The number of halogens is 6. The van der Waals surface area contributed by atoms with E-state index in [-0.39, 0.29) is 37.6 Å². The van der Waals surface area contributed by atoms with Crippen LogP contribution in [0.1, 0.15) is 24.0 Å². The van der Waals surface area contributed by atoms with Gasteiger partial charge in [0.25, 0.3) is 0 Å². The maximum Gasteiger partial charge on any atom is 0.416 e. The van der Waals surface area contributed by atoms with Crippen molar-refractivity contribution in [1.82, 2.24) is 4.72 Å². The Labute approximate surface area is 139 Å². The second-order valence-electron chi connectivity index (χ2n) is 4.82. The molecule has 0 bridgehead atoms. The minimum Gasteiger partial charge on any atom is -0.469 e. The molecule has 0 aliphatic heterocycles. The molecule has 5 nitrogen and oxygen atoms in total. The Morgan fingerprint density at radius 2 is 1.52 bits per heavy atom.